The molecule has 2 aliphatic heterocycles. The largest absolute Gasteiger partial charge is 0.480 e. The number of hydrogen-bond donors (Lipinski definition) is 4. The zero-order chi connectivity index (χ0) is 13.4. The van der Waals surface area contributed by atoms with Crippen LogP contribution in [0.4, 0.5) is 0 Å². The Morgan fingerprint density at radius 1 is 1.50 bits per heavy atom. The number of carbonyl (C=O) groups is 1. The molecule has 0 aliphatic carbocycles. The van der Waals surface area contributed by atoms with E-state index in [2.05, 4.69) is 5.32 Å². The fraction of sp³-hybridized carbons (Fsp3) is 0.909. The third-order valence-electron chi connectivity index (χ3n) is 4.56. The van der Waals surface area contributed by atoms with Crippen molar-refractivity contribution in [3.63, 3.8) is 0 Å². The molecule has 0 bridgehead atoms. The lowest BCUT2D eigenvalue weighted by molar-refractivity contribution is -0.143. The number of aliphatic carboxylic acids is 1. The minimum Gasteiger partial charge on any atom is -0.480 e. The van der Waals surface area contributed by atoms with Crippen molar-refractivity contribution in [2.45, 2.75) is 32.1 Å². The molecule has 0 radical (unpaired) electrons. The predicted octanol–water partition coefficient (Wildman–Crippen LogP) is -0.681. The van der Waals surface area contributed by atoms with Crippen LogP contribution in [0.5, 0.6) is 0 Å². The SMILES string of the molecule is C[C@]12CN[C@H](C(=O)O)[C@@]1(CCCB(O)O)COC2. The molecule has 6 nitrogen and oxygen atoms in total. The van der Waals surface area contributed by atoms with Crippen molar-refractivity contribution in [3.05, 3.63) is 0 Å². The molecule has 0 amide bonds. The first kappa shape index (κ1) is 13.8. The van der Waals surface area contributed by atoms with Gasteiger partial charge in [0.05, 0.1) is 13.2 Å². The molecule has 2 rings (SSSR count). The Hall–Kier alpha value is -0.625. The van der Waals surface area contributed by atoms with E-state index in [1.165, 1.54) is 0 Å². The molecule has 3 atom stereocenters. The quantitative estimate of drug-likeness (QED) is 0.487. The number of nitrogens with one attached hydrogen (secondary N) is 1. The highest BCUT2D eigenvalue weighted by Gasteiger charge is 2.63. The van der Waals surface area contributed by atoms with Crippen LogP contribution in [0.15, 0.2) is 0 Å². The zero-order valence-corrected chi connectivity index (χ0v) is 10.6. The van der Waals surface area contributed by atoms with Gasteiger partial charge in [0, 0.05) is 17.4 Å². The molecule has 18 heavy (non-hydrogen) atoms. The highest BCUT2D eigenvalue weighted by molar-refractivity contribution is 6.40. The predicted molar refractivity (Wildman–Crippen MR) is 65.0 cm³/mol. The maximum Gasteiger partial charge on any atom is 0.451 e. The summed E-state index contributed by atoms with van der Waals surface area (Å²) in [5, 5.41) is 30.2. The van der Waals surface area contributed by atoms with Crippen molar-refractivity contribution in [2.75, 3.05) is 19.8 Å². The van der Waals surface area contributed by atoms with Gasteiger partial charge in [-0.05, 0) is 12.7 Å². The Morgan fingerprint density at radius 3 is 2.83 bits per heavy atom. The van der Waals surface area contributed by atoms with Gasteiger partial charge in [-0.15, -0.1) is 0 Å². The van der Waals surface area contributed by atoms with Gasteiger partial charge in [0.1, 0.15) is 6.04 Å². The molecule has 0 saturated carbocycles. The van der Waals surface area contributed by atoms with E-state index in [1.54, 1.807) is 0 Å². The second kappa shape index (κ2) is 4.81. The molecule has 2 aliphatic rings. The summed E-state index contributed by atoms with van der Waals surface area (Å²) in [7, 11) is -1.33. The van der Waals surface area contributed by atoms with Crippen LogP contribution in [0.3, 0.4) is 0 Å². The van der Waals surface area contributed by atoms with Crippen LogP contribution in [0.1, 0.15) is 19.8 Å². The average Bonchev–Trinajstić information content (AvgIpc) is 2.68. The van der Waals surface area contributed by atoms with Gasteiger partial charge in [-0.25, -0.2) is 0 Å². The molecule has 0 unspecified atom stereocenters. The molecule has 0 spiro atoms. The standard InChI is InChI=1S/C11H20BNO5/c1-10-5-13-8(9(14)15)11(10,7-18-6-10)3-2-4-12(16)17/h8,13,16-17H,2-7H2,1H3,(H,14,15)/t8-,10-,11-/m1/s1. The van der Waals surface area contributed by atoms with E-state index < -0.39 is 24.5 Å². The van der Waals surface area contributed by atoms with E-state index in [9.17, 15) is 9.90 Å². The van der Waals surface area contributed by atoms with Crippen molar-refractivity contribution in [1.29, 1.82) is 0 Å². The van der Waals surface area contributed by atoms with Crippen molar-refractivity contribution < 1.29 is 24.7 Å². The van der Waals surface area contributed by atoms with Crippen LogP contribution in [-0.2, 0) is 9.53 Å². The molecule has 2 heterocycles. The summed E-state index contributed by atoms with van der Waals surface area (Å²) in [5.41, 5.74) is -0.621. The number of carboxylic acid groups (broad SMARTS) is 1. The van der Waals surface area contributed by atoms with Crippen LogP contribution in [-0.4, -0.2) is 54.0 Å². The van der Waals surface area contributed by atoms with Gasteiger partial charge < -0.3 is 25.2 Å². The molecule has 0 aromatic heterocycles. The van der Waals surface area contributed by atoms with Crippen LogP contribution in [0.2, 0.25) is 6.32 Å². The lowest BCUT2D eigenvalue weighted by atomic mass is 9.62. The van der Waals surface area contributed by atoms with Crippen LogP contribution in [0, 0.1) is 10.8 Å². The first-order valence-corrected chi connectivity index (χ1v) is 6.31. The number of carboxylic acids is 1. The second-order valence-corrected chi connectivity index (χ2v) is 5.73. The summed E-state index contributed by atoms with van der Waals surface area (Å²) in [5.74, 6) is -0.853. The van der Waals surface area contributed by atoms with Gasteiger partial charge in [0.15, 0.2) is 0 Å². The van der Waals surface area contributed by atoms with Gasteiger partial charge in [-0.1, -0.05) is 13.3 Å². The maximum atomic E-state index is 11.4. The fourth-order valence-electron chi connectivity index (χ4n) is 3.40. The van der Waals surface area contributed by atoms with Crippen LogP contribution >= 0.6 is 0 Å². The minimum absolute atomic E-state index is 0.184. The fourth-order valence-corrected chi connectivity index (χ4v) is 3.40. The Balaban J connectivity index is 2.14. The summed E-state index contributed by atoms with van der Waals surface area (Å²) in [6, 6.07) is -0.610. The Bertz CT molecular complexity index is 339. The maximum absolute atomic E-state index is 11.4. The van der Waals surface area contributed by atoms with Gasteiger partial charge in [-0.3, -0.25) is 4.79 Å². The van der Waals surface area contributed by atoms with Crippen molar-refractivity contribution >= 4 is 13.1 Å². The van der Waals surface area contributed by atoms with Crippen LogP contribution in [0.25, 0.3) is 0 Å². The first-order valence-electron chi connectivity index (χ1n) is 6.31. The van der Waals surface area contributed by atoms with Crippen molar-refractivity contribution in [1.82, 2.24) is 5.32 Å². The monoisotopic (exact) mass is 257 g/mol. The normalized spacial score (nSPS) is 38.7. The van der Waals surface area contributed by atoms with E-state index in [0.29, 0.717) is 32.6 Å². The molecular formula is C11H20BNO5. The molecule has 2 fully saturated rings. The highest BCUT2D eigenvalue weighted by Crippen LogP contribution is 2.54. The summed E-state index contributed by atoms with van der Waals surface area (Å²) < 4.78 is 5.53. The number of rotatable bonds is 5. The van der Waals surface area contributed by atoms with Gasteiger partial charge >= 0.3 is 13.1 Å². The van der Waals surface area contributed by atoms with Gasteiger partial charge in [-0.2, -0.15) is 0 Å². The Kier molecular flexibility index (Phi) is 3.69. The molecule has 2 saturated heterocycles. The van der Waals surface area contributed by atoms with E-state index in [-0.39, 0.29) is 11.7 Å². The number of hydrogen-bond acceptors (Lipinski definition) is 5. The lowest BCUT2D eigenvalue weighted by Gasteiger charge is -2.37. The molecule has 102 valence electrons. The Labute approximate surface area is 106 Å². The van der Waals surface area contributed by atoms with Gasteiger partial charge in [0.25, 0.3) is 0 Å². The smallest absolute Gasteiger partial charge is 0.451 e. The molecule has 7 heteroatoms. The van der Waals surface area contributed by atoms with Crippen molar-refractivity contribution in [3.8, 4) is 0 Å². The summed E-state index contributed by atoms with van der Waals surface area (Å²) in [6.07, 6.45) is 1.48. The summed E-state index contributed by atoms with van der Waals surface area (Å²) in [4.78, 5) is 11.4. The molecule has 0 aromatic rings. The number of fused-ring (bicyclic) bond motifs is 1. The molecule has 4 N–H and O–H groups in total. The number of ether oxygens (including phenoxy) is 1. The highest BCUT2D eigenvalue weighted by atomic mass is 16.5. The summed E-state index contributed by atoms with van der Waals surface area (Å²) in [6.45, 7) is 3.66. The zero-order valence-electron chi connectivity index (χ0n) is 10.6. The van der Waals surface area contributed by atoms with E-state index >= 15 is 0 Å². The molecule has 0 aromatic carbocycles. The molecular weight excluding hydrogens is 237 g/mol. The third kappa shape index (κ3) is 2.05. The van der Waals surface area contributed by atoms with E-state index in [0.717, 1.165) is 0 Å². The van der Waals surface area contributed by atoms with E-state index in [4.69, 9.17) is 14.8 Å². The first-order chi connectivity index (χ1) is 8.41. The lowest BCUT2D eigenvalue weighted by Crippen LogP contribution is -2.48. The van der Waals surface area contributed by atoms with Crippen molar-refractivity contribution in [2.24, 2.45) is 10.8 Å². The minimum atomic E-state index is -1.33. The van der Waals surface area contributed by atoms with Gasteiger partial charge in [0.2, 0.25) is 0 Å². The Morgan fingerprint density at radius 2 is 2.22 bits per heavy atom. The second-order valence-electron chi connectivity index (χ2n) is 5.73. The van der Waals surface area contributed by atoms with E-state index in [1.807, 2.05) is 6.92 Å². The van der Waals surface area contributed by atoms with Crippen LogP contribution < -0.4 is 5.32 Å². The average molecular weight is 257 g/mol. The third-order valence-corrected chi connectivity index (χ3v) is 4.56. The topological polar surface area (TPSA) is 99.0 Å². The summed E-state index contributed by atoms with van der Waals surface area (Å²) >= 11 is 0.